The SMILES string of the molecule is CCOC(=O)/C(=C(/C)O)P(=S)(OCC)OCC. The zero-order valence-electron chi connectivity index (χ0n) is 10.6. The summed E-state index contributed by atoms with van der Waals surface area (Å²) in [5, 5.41) is 9.51. The van der Waals surface area contributed by atoms with Crippen LogP contribution in [0.1, 0.15) is 27.7 Å². The lowest BCUT2D eigenvalue weighted by molar-refractivity contribution is -0.138. The van der Waals surface area contributed by atoms with Crippen molar-refractivity contribution >= 4 is 24.3 Å². The van der Waals surface area contributed by atoms with Gasteiger partial charge in [-0.2, -0.15) is 0 Å². The maximum Gasteiger partial charge on any atom is 0.347 e. The molecule has 100 valence electrons. The number of aliphatic hydroxyl groups is 1. The fraction of sp³-hybridized carbons (Fsp3) is 0.700. The molecule has 0 aliphatic heterocycles. The quantitative estimate of drug-likeness (QED) is 0.335. The van der Waals surface area contributed by atoms with E-state index in [4.69, 9.17) is 25.6 Å². The summed E-state index contributed by atoms with van der Waals surface area (Å²) in [5.74, 6) is -0.897. The van der Waals surface area contributed by atoms with Crippen LogP contribution >= 0.6 is 6.49 Å². The first-order valence-electron chi connectivity index (χ1n) is 5.39. The number of allylic oxidation sites excluding steroid dienone is 1. The van der Waals surface area contributed by atoms with Gasteiger partial charge in [0, 0.05) is 0 Å². The standard InChI is InChI=1S/C10H19O5PS/c1-5-13-10(12)9(8(4)11)16(17,14-6-2)15-7-3/h11H,5-7H2,1-4H3/b9-8+. The molecule has 0 amide bonds. The van der Waals surface area contributed by atoms with Crippen LogP contribution in [0.15, 0.2) is 11.1 Å². The molecule has 0 spiro atoms. The van der Waals surface area contributed by atoms with Crippen LogP contribution in [0.2, 0.25) is 0 Å². The lowest BCUT2D eigenvalue weighted by Gasteiger charge is -2.22. The van der Waals surface area contributed by atoms with Gasteiger partial charge in [0.15, 0.2) is 5.31 Å². The highest BCUT2D eigenvalue weighted by molar-refractivity contribution is 8.12. The van der Waals surface area contributed by atoms with Crippen molar-refractivity contribution in [3.63, 3.8) is 0 Å². The van der Waals surface area contributed by atoms with Gasteiger partial charge in [-0.15, -0.1) is 0 Å². The first-order chi connectivity index (χ1) is 7.92. The number of carbonyl (C=O) groups is 1. The number of esters is 1. The molecule has 0 aromatic heterocycles. The maximum absolute atomic E-state index is 11.7. The van der Waals surface area contributed by atoms with Gasteiger partial charge in [0.2, 0.25) is 6.49 Å². The number of ether oxygens (including phenoxy) is 1. The largest absolute Gasteiger partial charge is 0.511 e. The molecule has 0 unspecified atom stereocenters. The van der Waals surface area contributed by atoms with Gasteiger partial charge in [-0.3, -0.25) is 0 Å². The van der Waals surface area contributed by atoms with Crippen molar-refractivity contribution in [2.24, 2.45) is 0 Å². The lowest BCUT2D eigenvalue weighted by Crippen LogP contribution is -2.13. The molecule has 7 heteroatoms. The van der Waals surface area contributed by atoms with Crippen LogP contribution in [-0.4, -0.2) is 30.9 Å². The van der Waals surface area contributed by atoms with Crippen molar-refractivity contribution < 1.29 is 23.7 Å². The Hall–Kier alpha value is -0.420. The van der Waals surface area contributed by atoms with Crippen LogP contribution in [0.5, 0.6) is 0 Å². The van der Waals surface area contributed by atoms with Crippen LogP contribution in [0, 0.1) is 0 Å². The summed E-state index contributed by atoms with van der Waals surface area (Å²) in [6.07, 6.45) is 0. The number of rotatable bonds is 7. The van der Waals surface area contributed by atoms with Crippen molar-refractivity contribution in [2.45, 2.75) is 27.7 Å². The number of hydrogen-bond acceptors (Lipinski definition) is 6. The monoisotopic (exact) mass is 282 g/mol. The Morgan fingerprint density at radius 1 is 1.18 bits per heavy atom. The van der Waals surface area contributed by atoms with Crippen molar-refractivity contribution in [1.82, 2.24) is 0 Å². The van der Waals surface area contributed by atoms with Crippen molar-refractivity contribution in [2.75, 3.05) is 19.8 Å². The van der Waals surface area contributed by atoms with E-state index in [-0.39, 0.29) is 17.7 Å². The highest BCUT2D eigenvalue weighted by Gasteiger charge is 2.33. The highest BCUT2D eigenvalue weighted by Crippen LogP contribution is 2.57. The molecule has 0 aromatic carbocycles. The van der Waals surface area contributed by atoms with Gasteiger partial charge >= 0.3 is 5.97 Å². The molecule has 5 nitrogen and oxygen atoms in total. The molecule has 0 aliphatic rings. The molecule has 0 fully saturated rings. The molecule has 0 saturated heterocycles. The topological polar surface area (TPSA) is 65.0 Å². The second-order valence-electron chi connectivity index (χ2n) is 2.99. The van der Waals surface area contributed by atoms with Crippen molar-refractivity contribution in [1.29, 1.82) is 0 Å². The van der Waals surface area contributed by atoms with Gasteiger partial charge in [-0.1, -0.05) is 0 Å². The van der Waals surface area contributed by atoms with Gasteiger partial charge in [-0.05, 0) is 39.5 Å². The smallest absolute Gasteiger partial charge is 0.347 e. The Morgan fingerprint density at radius 2 is 1.65 bits per heavy atom. The third-order valence-electron chi connectivity index (χ3n) is 1.68. The van der Waals surface area contributed by atoms with Crippen molar-refractivity contribution in [3.8, 4) is 0 Å². The fourth-order valence-electron chi connectivity index (χ4n) is 1.16. The average Bonchev–Trinajstić information content (AvgIpc) is 2.17. The zero-order chi connectivity index (χ0) is 13.5. The predicted molar refractivity (Wildman–Crippen MR) is 69.5 cm³/mol. The molecule has 0 rings (SSSR count). The van der Waals surface area contributed by atoms with E-state index in [0.717, 1.165) is 0 Å². The predicted octanol–water partition coefficient (Wildman–Crippen LogP) is 2.72. The third-order valence-corrected chi connectivity index (χ3v) is 5.11. The molecule has 0 heterocycles. The molecule has 0 aromatic rings. The number of carbonyl (C=O) groups excluding carboxylic acids is 1. The summed E-state index contributed by atoms with van der Waals surface area (Å²) in [7, 11) is 0. The average molecular weight is 282 g/mol. The van der Waals surface area contributed by atoms with Crippen LogP contribution in [0.25, 0.3) is 0 Å². The third kappa shape index (κ3) is 4.76. The molecule has 1 N–H and O–H groups in total. The molecular weight excluding hydrogens is 263 g/mol. The first-order valence-corrected chi connectivity index (χ1v) is 8.03. The summed E-state index contributed by atoms with van der Waals surface area (Å²) in [6.45, 7) is 4.34. The summed E-state index contributed by atoms with van der Waals surface area (Å²) >= 11 is 5.24. The molecule has 0 radical (unpaired) electrons. The molecule has 0 bridgehead atoms. The van der Waals surface area contributed by atoms with Crippen molar-refractivity contribution in [3.05, 3.63) is 11.1 Å². The molecule has 0 aliphatic carbocycles. The molecular formula is C10H19O5PS. The van der Waals surface area contributed by atoms with E-state index in [2.05, 4.69) is 0 Å². The first kappa shape index (κ1) is 16.6. The summed E-state index contributed by atoms with van der Waals surface area (Å²) < 4.78 is 15.5. The van der Waals surface area contributed by atoms with E-state index in [0.29, 0.717) is 13.2 Å². The van der Waals surface area contributed by atoms with Gasteiger partial charge in [0.25, 0.3) is 0 Å². The Kier molecular flexibility index (Phi) is 7.63. The van der Waals surface area contributed by atoms with Gasteiger partial charge < -0.3 is 18.9 Å². The van der Waals surface area contributed by atoms with Gasteiger partial charge in [0.1, 0.15) is 5.76 Å². The Balaban J connectivity index is 5.35. The Bertz CT molecular complexity index is 326. The summed E-state index contributed by atoms with van der Waals surface area (Å²) in [6, 6.07) is 0. The normalized spacial score (nSPS) is 13.2. The fourth-order valence-corrected chi connectivity index (χ4v) is 4.11. The second kappa shape index (κ2) is 7.82. The minimum Gasteiger partial charge on any atom is -0.511 e. The number of hydrogen-bond donors (Lipinski definition) is 1. The summed E-state index contributed by atoms with van der Waals surface area (Å²) in [4.78, 5) is 11.7. The van der Waals surface area contributed by atoms with Crippen LogP contribution < -0.4 is 0 Å². The molecule has 0 saturated carbocycles. The van der Waals surface area contributed by atoms with E-state index in [9.17, 15) is 9.90 Å². The van der Waals surface area contributed by atoms with E-state index in [1.807, 2.05) is 0 Å². The lowest BCUT2D eigenvalue weighted by atomic mass is 10.5. The van der Waals surface area contributed by atoms with E-state index in [1.54, 1.807) is 20.8 Å². The van der Waals surface area contributed by atoms with Gasteiger partial charge in [0.05, 0.1) is 19.8 Å². The van der Waals surface area contributed by atoms with Gasteiger partial charge in [-0.25, -0.2) is 4.79 Å². The number of aliphatic hydroxyl groups excluding tert-OH is 1. The zero-order valence-corrected chi connectivity index (χ0v) is 12.3. The molecule has 0 atom stereocenters. The van der Waals surface area contributed by atoms with Crippen LogP contribution in [0.3, 0.4) is 0 Å². The van der Waals surface area contributed by atoms with Crippen LogP contribution in [-0.2, 0) is 30.4 Å². The van der Waals surface area contributed by atoms with E-state index < -0.39 is 12.5 Å². The minimum absolute atomic E-state index is 0.0712. The molecule has 17 heavy (non-hydrogen) atoms. The second-order valence-corrected chi connectivity index (χ2v) is 6.39. The Morgan fingerprint density at radius 3 is 1.94 bits per heavy atom. The summed E-state index contributed by atoms with van der Waals surface area (Å²) in [5.41, 5.74) is 0. The minimum atomic E-state index is -2.98. The van der Waals surface area contributed by atoms with E-state index in [1.165, 1.54) is 6.92 Å². The van der Waals surface area contributed by atoms with Crippen LogP contribution in [0.4, 0.5) is 0 Å². The maximum atomic E-state index is 11.7. The highest BCUT2D eigenvalue weighted by atomic mass is 32.5. The Labute approximate surface area is 107 Å². The van der Waals surface area contributed by atoms with E-state index >= 15 is 0 Å².